The second-order valence-corrected chi connectivity index (χ2v) is 5.57. The van der Waals surface area contributed by atoms with E-state index in [9.17, 15) is 9.59 Å². The highest BCUT2D eigenvalue weighted by Crippen LogP contribution is 2.31. The van der Waals surface area contributed by atoms with Gasteiger partial charge in [0.25, 0.3) is 0 Å². The van der Waals surface area contributed by atoms with Gasteiger partial charge in [-0.2, -0.15) is 0 Å². The molecular formula is C14H22N2O3. The molecule has 0 aromatic rings. The van der Waals surface area contributed by atoms with Crippen molar-refractivity contribution in [2.45, 2.75) is 32.6 Å². The van der Waals surface area contributed by atoms with Gasteiger partial charge in [0.1, 0.15) is 0 Å². The van der Waals surface area contributed by atoms with E-state index in [0.29, 0.717) is 13.1 Å². The Morgan fingerprint density at radius 2 is 2.26 bits per heavy atom. The quantitative estimate of drug-likeness (QED) is 0.766. The van der Waals surface area contributed by atoms with Crippen LogP contribution in [-0.2, 0) is 4.79 Å². The second-order valence-electron chi connectivity index (χ2n) is 5.57. The van der Waals surface area contributed by atoms with Gasteiger partial charge in [0.2, 0.25) is 0 Å². The molecule has 1 saturated carbocycles. The minimum absolute atomic E-state index is 0.0696. The summed E-state index contributed by atoms with van der Waals surface area (Å²) < 4.78 is 0. The Labute approximate surface area is 113 Å². The van der Waals surface area contributed by atoms with Crippen molar-refractivity contribution < 1.29 is 14.7 Å². The van der Waals surface area contributed by atoms with Crippen molar-refractivity contribution in [3.8, 4) is 0 Å². The van der Waals surface area contributed by atoms with Crippen molar-refractivity contribution in [2.75, 3.05) is 19.6 Å². The number of carboxylic acid groups (broad SMARTS) is 1. The van der Waals surface area contributed by atoms with Gasteiger partial charge in [-0.3, -0.25) is 4.79 Å². The summed E-state index contributed by atoms with van der Waals surface area (Å²) in [7, 11) is 0. The Hall–Kier alpha value is -1.52. The molecule has 19 heavy (non-hydrogen) atoms. The van der Waals surface area contributed by atoms with Gasteiger partial charge >= 0.3 is 12.0 Å². The molecule has 0 radical (unpaired) electrons. The van der Waals surface area contributed by atoms with E-state index in [4.69, 9.17) is 5.11 Å². The second kappa shape index (κ2) is 6.08. The van der Waals surface area contributed by atoms with E-state index in [1.165, 1.54) is 5.57 Å². The minimum Gasteiger partial charge on any atom is -0.481 e. The molecule has 1 fully saturated rings. The predicted octanol–water partition coefficient (Wildman–Crippen LogP) is 1.85. The van der Waals surface area contributed by atoms with Crippen molar-refractivity contribution in [3.63, 3.8) is 0 Å². The number of urea groups is 1. The lowest BCUT2D eigenvalue weighted by Crippen LogP contribution is -2.44. The van der Waals surface area contributed by atoms with E-state index in [1.54, 1.807) is 4.90 Å². The van der Waals surface area contributed by atoms with Gasteiger partial charge in [0, 0.05) is 19.6 Å². The van der Waals surface area contributed by atoms with Crippen LogP contribution in [0.3, 0.4) is 0 Å². The van der Waals surface area contributed by atoms with Crippen LogP contribution < -0.4 is 5.32 Å². The molecule has 0 aromatic carbocycles. The molecule has 0 saturated heterocycles. The van der Waals surface area contributed by atoms with Crippen LogP contribution in [0.15, 0.2) is 11.6 Å². The lowest BCUT2D eigenvalue weighted by Gasteiger charge is -2.26. The first-order chi connectivity index (χ1) is 9.08. The Morgan fingerprint density at radius 3 is 2.89 bits per heavy atom. The van der Waals surface area contributed by atoms with Gasteiger partial charge in [0.05, 0.1) is 5.92 Å². The zero-order valence-electron chi connectivity index (χ0n) is 11.4. The number of hydrogen-bond acceptors (Lipinski definition) is 2. The standard InChI is InChI=1S/C14H22N2O3/c1-10-5-7-16(8-6-10)14(19)15-9-11-3-2-4-12(11)13(17)18/h5,11-12H,2-4,6-9H2,1H3,(H,15,19)(H,17,18). The summed E-state index contributed by atoms with van der Waals surface area (Å²) in [6, 6.07) is -0.0696. The van der Waals surface area contributed by atoms with Crippen molar-refractivity contribution >= 4 is 12.0 Å². The molecule has 1 aliphatic heterocycles. The molecule has 2 N–H and O–H groups in total. The van der Waals surface area contributed by atoms with Crippen LogP contribution in [-0.4, -0.2) is 41.6 Å². The highest BCUT2D eigenvalue weighted by atomic mass is 16.4. The first-order valence-electron chi connectivity index (χ1n) is 6.99. The number of carbonyl (C=O) groups is 2. The van der Waals surface area contributed by atoms with Gasteiger partial charge in [-0.15, -0.1) is 0 Å². The van der Waals surface area contributed by atoms with Crippen molar-refractivity contribution in [2.24, 2.45) is 11.8 Å². The molecule has 0 spiro atoms. The third kappa shape index (κ3) is 3.49. The summed E-state index contributed by atoms with van der Waals surface area (Å²) in [6.45, 7) is 3.96. The number of hydrogen-bond donors (Lipinski definition) is 2. The highest BCUT2D eigenvalue weighted by Gasteiger charge is 2.33. The SMILES string of the molecule is CC1=CCN(C(=O)NCC2CCCC2C(=O)O)CC1. The number of aliphatic carboxylic acids is 1. The molecule has 2 unspecified atom stereocenters. The van der Waals surface area contributed by atoms with E-state index in [0.717, 1.165) is 32.2 Å². The van der Waals surface area contributed by atoms with Crippen LogP contribution in [0.5, 0.6) is 0 Å². The van der Waals surface area contributed by atoms with E-state index in [1.807, 2.05) is 0 Å². The fourth-order valence-corrected chi connectivity index (χ4v) is 2.89. The van der Waals surface area contributed by atoms with E-state index >= 15 is 0 Å². The maximum absolute atomic E-state index is 12.0. The first kappa shape index (κ1) is 13.9. The molecule has 1 heterocycles. The highest BCUT2D eigenvalue weighted by molar-refractivity contribution is 5.75. The molecule has 2 atom stereocenters. The molecule has 0 bridgehead atoms. The topological polar surface area (TPSA) is 69.6 Å². The molecule has 2 rings (SSSR count). The normalized spacial score (nSPS) is 27.0. The zero-order valence-corrected chi connectivity index (χ0v) is 11.4. The Balaban J connectivity index is 1.79. The predicted molar refractivity (Wildman–Crippen MR) is 71.8 cm³/mol. The molecule has 1 aliphatic carbocycles. The van der Waals surface area contributed by atoms with Gasteiger partial charge < -0.3 is 15.3 Å². The first-order valence-corrected chi connectivity index (χ1v) is 6.99. The van der Waals surface area contributed by atoms with Gasteiger partial charge in [-0.25, -0.2) is 4.79 Å². The average Bonchev–Trinajstić information content (AvgIpc) is 2.85. The summed E-state index contributed by atoms with van der Waals surface area (Å²) in [5.74, 6) is -0.930. The molecule has 5 heteroatoms. The molecule has 0 aromatic heterocycles. The van der Waals surface area contributed by atoms with Crippen LogP contribution in [0.2, 0.25) is 0 Å². The minimum atomic E-state index is -0.728. The molecular weight excluding hydrogens is 244 g/mol. The van der Waals surface area contributed by atoms with Crippen molar-refractivity contribution in [1.82, 2.24) is 10.2 Å². The Bertz CT molecular complexity index is 392. The number of carbonyl (C=O) groups excluding carboxylic acids is 1. The van der Waals surface area contributed by atoms with E-state index < -0.39 is 5.97 Å². The molecule has 2 amide bonds. The molecule has 2 aliphatic rings. The molecule has 106 valence electrons. The van der Waals surface area contributed by atoms with Crippen molar-refractivity contribution in [1.29, 1.82) is 0 Å². The monoisotopic (exact) mass is 266 g/mol. The lowest BCUT2D eigenvalue weighted by molar-refractivity contribution is -0.142. The Kier molecular flexibility index (Phi) is 4.45. The average molecular weight is 266 g/mol. The summed E-state index contributed by atoms with van der Waals surface area (Å²) in [5, 5.41) is 12.0. The van der Waals surface area contributed by atoms with Crippen molar-refractivity contribution in [3.05, 3.63) is 11.6 Å². The van der Waals surface area contributed by atoms with E-state index in [-0.39, 0.29) is 17.9 Å². The fourth-order valence-electron chi connectivity index (χ4n) is 2.89. The third-order valence-electron chi connectivity index (χ3n) is 4.22. The number of rotatable bonds is 3. The van der Waals surface area contributed by atoms with Crippen LogP contribution in [0.25, 0.3) is 0 Å². The summed E-state index contributed by atoms with van der Waals surface area (Å²) in [4.78, 5) is 24.8. The Morgan fingerprint density at radius 1 is 1.47 bits per heavy atom. The molecule has 5 nitrogen and oxygen atoms in total. The zero-order chi connectivity index (χ0) is 13.8. The van der Waals surface area contributed by atoms with E-state index in [2.05, 4.69) is 18.3 Å². The number of amides is 2. The van der Waals surface area contributed by atoms with Crippen LogP contribution in [0.4, 0.5) is 4.79 Å². The van der Waals surface area contributed by atoms with Crippen LogP contribution in [0, 0.1) is 11.8 Å². The summed E-state index contributed by atoms with van der Waals surface area (Å²) in [5.41, 5.74) is 1.32. The van der Waals surface area contributed by atoms with Gasteiger partial charge in [-0.05, 0) is 32.1 Å². The lowest BCUT2D eigenvalue weighted by atomic mass is 9.96. The fraction of sp³-hybridized carbons (Fsp3) is 0.714. The number of nitrogens with one attached hydrogen (secondary N) is 1. The summed E-state index contributed by atoms with van der Waals surface area (Å²) >= 11 is 0. The number of nitrogens with zero attached hydrogens (tertiary/aromatic N) is 1. The maximum Gasteiger partial charge on any atom is 0.317 e. The smallest absolute Gasteiger partial charge is 0.317 e. The maximum atomic E-state index is 12.0. The largest absolute Gasteiger partial charge is 0.481 e. The van der Waals surface area contributed by atoms with Gasteiger partial charge in [-0.1, -0.05) is 18.1 Å². The van der Waals surface area contributed by atoms with Crippen LogP contribution >= 0.6 is 0 Å². The van der Waals surface area contributed by atoms with Crippen LogP contribution in [0.1, 0.15) is 32.6 Å². The third-order valence-corrected chi connectivity index (χ3v) is 4.22. The summed E-state index contributed by atoms with van der Waals surface area (Å²) in [6.07, 6.45) is 5.58. The van der Waals surface area contributed by atoms with Gasteiger partial charge in [0.15, 0.2) is 0 Å². The number of carboxylic acids is 1.